The molecular weight excluding hydrogens is 409 g/mol. The van der Waals surface area contributed by atoms with Gasteiger partial charge in [-0.05, 0) is 30.4 Å². The number of rotatable bonds is 9. The summed E-state index contributed by atoms with van der Waals surface area (Å²) in [6.45, 7) is 1.18. The van der Waals surface area contributed by atoms with Crippen LogP contribution in [0, 0.1) is 5.92 Å². The van der Waals surface area contributed by atoms with Crippen LogP contribution in [-0.4, -0.2) is 29.0 Å². The van der Waals surface area contributed by atoms with E-state index in [9.17, 15) is 18.0 Å². The topological polar surface area (TPSA) is 76.1 Å². The summed E-state index contributed by atoms with van der Waals surface area (Å²) in [6.07, 6.45) is 0.354. The lowest BCUT2D eigenvalue weighted by atomic mass is 10.2. The molecule has 2 heterocycles. The number of hydrogen-bond acceptors (Lipinski definition) is 5. The molecular formula is C19H20ClF3N4O2. The zero-order valence-corrected chi connectivity index (χ0v) is 16.2. The molecule has 10 heteroatoms. The summed E-state index contributed by atoms with van der Waals surface area (Å²) in [6, 6.07) is 4.39. The third kappa shape index (κ3) is 6.77. The van der Waals surface area contributed by atoms with Gasteiger partial charge in [0.05, 0.1) is 17.2 Å². The van der Waals surface area contributed by atoms with Gasteiger partial charge in [0.15, 0.2) is 0 Å². The van der Waals surface area contributed by atoms with Crippen molar-refractivity contribution in [2.45, 2.75) is 32.0 Å². The van der Waals surface area contributed by atoms with Gasteiger partial charge in [-0.15, -0.1) is 0 Å². The SMILES string of the molecule is O=C(CCNc1ncc(C(F)(F)F)cc1Cl)NCc1ccc(OCC2CC2)nc1. The molecule has 6 nitrogen and oxygen atoms in total. The molecule has 0 aliphatic heterocycles. The lowest BCUT2D eigenvalue weighted by Crippen LogP contribution is -2.25. The third-order valence-electron chi connectivity index (χ3n) is 4.26. The van der Waals surface area contributed by atoms with Crippen LogP contribution in [0.2, 0.25) is 5.02 Å². The molecule has 2 aromatic heterocycles. The Bertz CT molecular complexity index is 842. The van der Waals surface area contributed by atoms with Crippen LogP contribution >= 0.6 is 11.6 Å². The number of aromatic nitrogens is 2. The van der Waals surface area contributed by atoms with E-state index in [0.717, 1.165) is 11.6 Å². The van der Waals surface area contributed by atoms with Crippen molar-refractivity contribution in [3.8, 4) is 5.88 Å². The van der Waals surface area contributed by atoms with Gasteiger partial charge in [0.2, 0.25) is 11.8 Å². The summed E-state index contributed by atoms with van der Waals surface area (Å²) >= 11 is 5.81. The molecule has 2 N–H and O–H groups in total. The maximum atomic E-state index is 12.6. The molecule has 0 aromatic carbocycles. The van der Waals surface area contributed by atoms with Crippen molar-refractivity contribution >= 4 is 23.3 Å². The summed E-state index contributed by atoms with van der Waals surface area (Å²) in [7, 11) is 0. The first-order valence-electron chi connectivity index (χ1n) is 9.12. The van der Waals surface area contributed by atoms with Gasteiger partial charge < -0.3 is 15.4 Å². The van der Waals surface area contributed by atoms with E-state index in [2.05, 4.69) is 20.6 Å². The molecule has 0 unspecified atom stereocenters. The molecule has 1 saturated carbocycles. The van der Waals surface area contributed by atoms with Crippen LogP contribution in [0.5, 0.6) is 5.88 Å². The average Bonchev–Trinajstić information content (AvgIpc) is 3.50. The molecule has 0 spiro atoms. The molecule has 0 radical (unpaired) electrons. The van der Waals surface area contributed by atoms with Crippen molar-refractivity contribution in [1.82, 2.24) is 15.3 Å². The molecule has 0 atom stereocenters. The third-order valence-corrected chi connectivity index (χ3v) is 4.55. The van der Waals surface area contributed by atoms with Gasteiger partial charge in [-0.1, -0.05) is 17.7 Å². The highest BCUT2D eigenvalue weighted by atomic mass is 35.5. The van der Waals surface area contributed by atoms with Crippen molar-refractivity contribution < 1.29 is 22.7 Å². The minimum atomic E-state index is -4.51. The Labute approximate surface area is 170 Å². The fraction of sp³-hybridized carbons (Fsp3) is 0.421. The van der Waals surface area contributed by atoms with E-state index in [1.165, 1.54) is 12.8 Å². The Hall–Kier alpha value is -2.55. The highest BCUT2D eigenvalue weighted by Crippen LogP contribution is 2.32. The van der Waals surface area contributed by atoms with Crippen LogP contribution in [0.3, 0.4) is 0 Å². The number of carbonyl (C=O) groups excluding carboxylic acids is 1. The van der Waals surface area contributed by atoms with E-state index in [0.29, 0.717) is 31.1 Å². The monoisotopic (exact) mass is 428 g/mol. The maximum absolute atomic E-state index is 12.6. The van der Waals surface area contributed by atoms with E-state index in [4.69, 9.17) is 16.3 Å². The van der Waals surface area contributed by atoms with E-state index in [-0.39, 0.29) is 29.7 Å². The molecule has 1 fully saturated rings. The molecule has 2 aromatic rings. The Kier molecular flexibility index (Phi) is 6.79. The lowest BCUT2D eigenvalue weighted by Gasteiger charge is -2.11. The molecule has 0 saturated heterocycles. The van der Waals surface area contributed by atoms with Crippen LogP contribution in [0.25, 0.3) is 0 Å². The standard InChI is InChI=1S/C19H20ClF3N4O2/c20-15-7-14(19(21,22)23)10-27-18(15)24-6-5-16(28)25-8-13-3-4-17(26-9-13)29-11-12-1-2-12/h3-4,7,9-10,12H,1-2,5-6,8,11H2,(H,24,27)(H,25,28). The summed E-state index contributed by atoms with van der Waals surface area (Å²) in [4.78, 5) is 19.8. The number of anilines is 1. The number of halogens is 4. The van der Waals surface area contributed by atoms with E-state index < -0.39 is 11.7 Å². The van der Waals surface area contributed by atoms with Crippen LogP contribution in [0.15, 0.2) is 30.6 Å². The molecule has 156 valence electrons. The van der Waals surface area contributed by atoms with Crippen molar-refractivity contribution in [2.75, 3.05) is 18.5 Å². The van der Waals surface area contributed by atoms with Gasteiger partial charge in [-0.25, -0.2) is 9.97 Å². The van der Waals surface area contributed by atoms with Gasteiger partial charge in [0.25, 0.3) is 0 Å². The second-order valence-corrected chi connectivity index (χ2v) is 7.17. The number of carbonyl (C=O) groups is 1. The van der Waals surface area contributed by atoms with Gasteiger partial charge in [-0.2, -0.15) is 13.2 Å². The molecule has 1 aliphatic rings. The largest absolute Gasteiger partial charge is 0.477 e. The normalized spacial score (nSPS) is 13.8. The maximum Gasteiger partial charge on any atom is 0.417 e. The predicted molar refractivity (Wildman–Crippen MR) is 102 cm³/mol. The van der Waals surface area contributed by atoms with Gasteiger partial charge in [0, 0.05) is 38.0 Å². The van der Waals surface area contributed by atoms with Crippen LogP contribution < -0.4 is 15.4 Å². The molecule has 1 aliphatic carbocycles. The number of ether oxygens (including phenoxy) is 1. The highest BCUT2D eigenvalue weighted by Gasteiger charge is 2.31. The second kappa shape index (κ2) is 9.30. The van der Waals surface area contributed by atoms with Crippen LogP contribution in [-0.2, 0) is 17.5 Å². The first-order valence-corrected chi connectivity index (χ1v) is 9.50. The Balaban J connectivity index is 1.37. The molecule has 29 heavy (non-hydrogen) atoms. The van der Waals surface area contributed by atoms with Crippen LogP contribution in [0.4, 0.5) is 19.0 Å². The molecule has 1 amide bonds. The number of alkyl halides is 3. The Morgan fingerprint density at radius 3 is 2.66 bits per heavy atom. The molecule has 0 bridgehead atoms. The number of pyridine rings is 2. The Morgan fingerprint density at radius 2 is 2.03 bits per heavy atom. The van der Waals surface area contributed by atoms with E-state index in [1.54, 1.807) is 12.3 Å². The number of amides is 1. The van der Waals surface area contributed by atoms with Gasteiger partial charge >= 0.3 is 6.18 Å². The zero-order chi connectivity index (χ0) is 20.9. The summed E-state index contributed by atoms with van der Waals surface area (Å²) in [5.41, 5.74) is -0.0964. The van der Waals surface area contributed by atoms with Crippen molar-refractivity contribution in [2.24, 2.45) is 5.92 Å². The summed E-state index contributed by atoms with van der Waals surface area (Å²) in [5.74, 6) is 1.09. The van der Waals surface area contributed by atoms with Crippen LogP contribution in [0.1, 0.15) is 30.4 Å². The quantitative estimate of drug-likeness (QED) is 0.630. The van der Waals surface area contributed by atoms with E-state index in [1.807, 2.05) is 6.07 Å². The number of nitrogens with one attached hydrogen (secondary N) is 2. The van der Waals surface area contributed by atoms with Gasteiger partial charge in [-0.3, -0.25) is 4.79 Å². The lowest BCUT2D eigenvalue weighted by molar-refractivity contribution is -0.137. The van der Waals surface area contributed by atoms with Crippen molar-refractivity contribution in [3.05, 3.63) is 46.7 Å². The first-order chi connectivity index (χ1) is 13.8. The average molecular weight is 429 g/mol. The highest BCUT2D eigenvalue weighted by molar-refractivity contribution is 6.32. The minimum absolute atomic E-state index is 0.0958. The predicted octanol–water partition coefficient (Wildman–Crippen LogP) is 4.06. The van der Waals surface area contributed by atoms with Crippen molar-refractivity contribution in [3.63, 3.8) is 0 Å². The zero-order valence-electron chi connectivity index (χ0n) is 15.4. The fourth-order valence-electron chi connectivity index (χ4n) is 2.40. The molecule has 3 rings (SSSR count). The summed E-state index contributed by atoms with van der Waals surface area (Å²) < 4.78 is 43.3. The second-order valence-electron chi connectivity index (χ2n) is 6.76. The van der Waals surface area contributed by atoms with Crippen molar-refractivity contribution in [1.29, 1.82) is 0 Å². The number of hydrogen-bond donors (Lipinski definition) is 2. The fourth-order valence-corrected chi connectivity index (χ4v) is 2.63. The summed E-state index contributed by atoms with van der Waals surface area (Å²) in [5, 5.41) is 5.35. The number of nitrogens with zero attached hydrogens (tertiary/aromatic N) is 2. The smallest absolute Gasteiger partial charge is 0.417 e. The first kappa shape index (κ1) is 21.2. The van der Waals surface area contributed by atoms with E-state index >= 15 is 0 Å². The minimum Gasteiger partial charge on any atom is -0.477 e. The van der Waals surface area contributed by atoms with Gasteiger partial charge in [0.1, 0.15) is 5.82 Å². The Morgan fingerprint density at radius 1 is 1.24 bits per heavy atom.